The Balaban J connectivity index is 1.49. The van der Waals surface area contributed by atoms with Crippen LogP contribution in [0.25, 0.3) is 16.8 Å². The summed E-state index contributed by atoms with van der Waals surface area (Å²) < 4.78 is 1.74. The first-order valence-corrected chi connectivity index (χ1v) is 10.7. The first-order chi connectivity index (χ1) is 14.6. The van der Waals surface area contributed by atoms with Crippen LogP contribution in [0.1, 0.15) is 46.5 Å². The van der Waals surface area contributed by atoms with Crippen LogP contribution in [0, 0.1) is 0 Å². The number of likely N-dealkylation sites (tertiary alicyclic amines) is 2. The van der Waals surface area contributed by atoms with Gasteiger partial charge in [-0.15, -0.1) is 0 Å². The number of piperidine rings is 1. The predicted octanol–water partition coefficient (Wildman–Crippen LogP) is 3.52. The number of fused-ring (bicyclic) bond motifs is 1. The number of nitrogens with zero attached hydrogens (tertiary/aromatic N) is 5. The molecule has 2 fully saturated rings. The number of hydrogen-bond donors (Lipinski definition) is 0. The maximum Gasteiger partial charge on any atom is 0.273 e. The third kappa shape index (κ3) is 3.23. The van der Waals surface area contributed by atoms with Crippen molar-refractivity contribution in [3.8, 4) is 11.3 Å². The van der Waals surface area contributed by atoms with Crippen LogP contribution >= 0.6 is 11.6 Å². The van der Waals surface area contributed by atoms with Crippen molar-refractivity contribution in [2.24, 2.45) is 0 Å². The van der Waals surface area contributed by atoms with E-state index in [-0.39, 0.29) is 17.5 Å². The molecule has 0 aromatic carbocycles. The maximum atomic E-state index is 13.0. The fraction of sp³-hybridized carbons (Fsp3) is 0.364. The van der Waals surface area contributed by atoms with Crippen LogP contribution in [0.3, 0.4) is 0 Å². The van der Waals surface area contributed by atoms with Gasteiger partial charge < -0.3 is 9.80 Å². The molecule has 5 heterocycles. The van der Waals surface area contributed by atoms with Gasteiger partial charge in [-0.2, -0.15) is 5.10 Å². The van der Waals surface area contributed by atoms with Crippen molar-refractivity contribution in [1.82, 2.24) is 24.4 Å². The standard InChI is InChI=1S/C22H22ClN5O2/c23-17-12-15(13-24-20(17)22(30)27-10-5-11-27)18-6-4-7-19-16(14-25-28(18)19)21(29)26-8-2-1-3-9-26/h4,6-7,12-14H,1-3,5,8-11H2. The molecule has 2 aliphatic rings. The summed E-state index contributed by atoms with van der Waals surface area (Å²) in [7, 11) is 0. The number of hydrogen-bond acceptors (Lipinski definition) is 4. The van der Waals surface area contributed by atoms with Crippen LogP contribution in [0.2, 0.25) is 5.02 Å². The van der Waals surface area contributed by atoms with E-state index in [0.717, 1.165) is 62.2 Å². The van der Waals surface area contributed by atoms with E-state index in [1.54, 1.807) is 27.9 Å². The van der Waals surface area contributed by atoms with Crippen molar-refractivity contribution in [2.75, 3.05) is 26.2 Å². The molecule has 0 N–H and O–H groups in total. The SMILES string of the molecule is O=C(c1ncc(-c2cccc3c(C(=O)N4CCCCC4)cnn23)cc1Cl)N1CCC1. The second kappa shape index (κ2) is 7.72. The molecule has 3 aromatic rings. The lowest BCUT2D eigenvalue weighted by Gasteiger charge is -2.30. The maximum absolute atomic E-state index is 13.0. The van der Waals surface area contributed by atoms with Crippen molar-refractivity contribution >= 4 is 28.9 Å². The number of rotatable bonds is 3. The average Bonchev–Trinajstić information content (AvgIpc) is 3.16. The van der Waals surface area contributed by atoms with E-state index in [2.05, 4.69) is 10.1 Å². The second-order valence-corrected chi connectivity index (χ2v) is 8.23. The highest BCUT2D eigenvalue weighted by molar-refractivity contribution is 6.33. The summed E-state index contributed by atoms with van der Waals surface area (Å²) in [5, 5.41) is 4.79. The minimum Gasteiger partial charge on any atom is -0.339 e. The van der Waals surface area contributed by atoms with Gasteiger partial charge in [0.1, 0.15) is 5.69 Å². The Bertz CT molecular complexity index is 1130. The topological polar surface area (TPSA) is 70.8 Å². The Morgan fingerprint density at radius 1 is 0.900 bits per heavy atom. The average molecular weight is 424 g/mol. The van der Waals surface area contributed by atoms with Gasteiger partial charge in [0.2, 0.25) is 0 Å². The monoisotopic (exact) mass is 423 g/mol. The smallest absolute Gasteiger partial charge is 0.273 e. The summed E-state index contributed by atoms with van der Waals surface area (Å²) in [6.45, 7) is 3.09. The van der Waals surface area contributed by atoms with Gasteiger partial charge in [-0.1, -0.05) is 17.7 Å². The minimum absolute atomic E-state index is 0.0218. The fourth-order valence-electron chi connectivity index (χ4n) is 4.07. The molecule has 7 nitrogen and oxygen atoms in total. The summed E-state index contributed by atoms with van der Waals surface area (Å²) in [5.41, 5.74) is 3.13. The molecule has 154 valence electrons. The van der Waals surface area contributed by atoms with Gasteiger partial charge in [-0.05, 0) is 43.9 Å². The highest BCUT2D eigenvalue weighted by Gasteiger charge is 2.25. The first kappa shape index (κ1) is 19.1. The molecular weight excluding hydrogens is 402 g/mol. The largest absolute Gasteiger partial charge is 0.339 e. The van der Waals surface area contributed by atoms with E-state index in [9.17, 15) is 9.59 Å². The van der Waals surface area contributed by atoms with Crippen molar-refractivity contribution in [3.05, 3.63) is 52.9 Å². The van der Waals surface area contributed by atoms with Crippen LogP contribution in [0.5, 0.6) is 0 Å². The van der Waals surface area contributed by atoms with Crippen LogP contribution in [-0.4, -0.2) is 62.4 Å². The zero-order chi connectivity index (χ0) is 20.7. The number of pyridine rings is 2. The summed E-state index contributed by atoms with van der Waals surface area (Å²) >= 11 is 6.41. The normalized spacial score (nSPS) is 16.6. The second-order valence-electron chi connectivity index (χ2n) is 7.82. The molecule has 2 saturated heterocycles. The Labute approximate surface area is 179 Å². The third-order valence-corrected chi connectivity index (χ3v) is 6.19. The van der Waals surface area contributed by atoms with Crippen molar-refractivity contribution < 1.29 is 9.59 Å². The van der Waals surface area contributed by atoms with Crippen molar-refractivity contribution in [3.63, 3.8) is 0 Å². The molecule has 2 aliphatic heterocycles. The fourth-order valence-corrected chi connectivity index (χ4v) is 4.31. The summed E-state index contributed by atoms with van der Waals surface area (Å²) in [6, 6.07) is 7.43. The zero-order valence-electron chi connectivity index (χ0n) is 16.6. The lowest BCUT2D eigenvalue weighted by atomic mass is 10.1. The van der Waals surface area contributed by atoms with E-state index < -0.39 is 0 Å². The van der Waals surface area contributed by atoms with Gasteiger partial charge in [-0.3, -0.25) is 9.59 Å². The van der Waals surface area contributed by atoms with E-state index in [1.165, 1.54) is 6.42 Å². The minimum atomic E-state index is -0.135. The van der Waals surface area contributed by atoms with Crippen LogP contribution in [0.4, 0.5) is 0 Å². The summed E-state index contributed by atoms with van der Waals surface area (Å²) in [5.74, 6) is -0.113. The molecule has 0 aliphatic carbocycles. The molecule has 0 atom stereocenters. The van der Waals surface area contributed by atoms with Gasteiger partial charge in [-0.25, -0.2) is 9.50 Å². The van der Waals surface area contributed by atoms with Crippen molar-refractivity contribution in [1.29, 1.82) is 0 Å². The van der Waals surface area contributed by atoms with Crippen LogP contribution in [0.15, 0.2) is 36.7 Å². The zero-order valence-corrected chi connectivity index (χ0v) is 17.3. The molecule has 2 amide bonds. The number of carbonyl (C=O) groups excluding carboxylic acids is 2. The molecule has 30 heavy (non-hydrogen) atoms. The number of carbonyl (C=O) groups is 2. The third-order valence-electron chi connectivity index (χ3n) is 5.90. The number of halogens is 1. The Kier molecular flexibility index (Phi) is 4.90. The summed E-state index contributed by atoms with van der Waals surface area (Å²) in [6.07, 6.45) is 7.55. The van der Waals surface area contributed by atoms with Gasteiger partial charge in [0, 0.05) is 37.9 Å². The number of amides is 2. The van der Waals surface area contributed by atoms with Gasteiger partial charge in [0.05, 0.1) is 28.0 Å². The molecule has 0 saturated carbocycles. The quantitative estimate of drug-likeness (QED) is 0.646. The van der Waals surface area contributed by atoms with Crippen LogP contribution in [-0.2, 0) is 0 Å². The molecular formula is C22H22ClN5O2. The molecule has 5 rings (SSSR count). The molecule has 8 heteroatoms. The van der Waals surface area contributed by atoms with Crippen LogP contribution < -0.4 is 0 Å². The Morgan fingerprint density at radius 3 is 2.33 bits per heavy atom. The van der Waals surface area contributed by atoms with Gasteiger partial charge >= 0.3 is 0 Å². The molecule has 0 radical (unpaired) electrons. The van der Waals surface area contributed by atoms with E-state index >= 15 is 0 Å². The van der Waals surface area contributed by atoms with E-state index in [1.807, 2.05) is 23.1 Å². The molecule has 0 bridgehead atoms. The number of aromatic nitrogens is 3. The molecule has 0 unspecified atom stereocenters. The van der Waals surface area contributed by atoms with Crippen molar-refractivity contribution in [2.45, 2.75) is 25.7 Å². The summed E-state index contributed by atoms with van der Waals surface area (Å²) in [4.78, 5) is 33.4. The first-order valence-electron chi connectivity index (χ1n) is 10.3. The highest BCUT2D eigenvalue weighted by Crippen LogP contribution is 2.27. The lowest BCUT2D eigenvalue weighted by Crippen LogP contribution is -2.42. The van der Waals surface area contributed by atoms with E-state index in [0.29, 0.717) is 10.6 Å². The van der Waals surface area contributed by atoms with Gasteiger partial charge in [0.25, 0.3) is 11.8 Å². The van der Waals surface area contributed by atoms with Gasteiger partial charge in [0.15, 0.2) is 0 Å². The molecule has 3 aromatic heterocycles. The molecule has 0 spiro atoms. The lowest BCUT2D eigenvalue weighted by molar-refractivity contribution is 0.0645. The Hall–Kier alpha value is -2.93. The predicted molar refractivity (Wildman–Crippen MR) is 114 cm³/mol. The van der Waals surface area contributed by atoms with E-state index in [4.69, 9.17) is 11.6 Å². The Morgan fingerprint density at radius 2 is 1.63 bits per heavy atom. The highest BCUT2D eigenvalue weighted by atomic mass is 35.5.